The summed E-state index contributed by atoms with van der Waals surface area (Å²) in [6.07, 6.45) is 11.0. The molecule has 0 bridgehead atoms. The Balaban J connectivity index is 0.000000182. The van der Waals surface area contributed by atoms with Gasteiger partial charge in [0.25, 0.3) is 0 Å². The molecular formula is C86H99N9O8S. The molecule has 0 radical (unpaired) electrons. The minimum Gasteiger partial charge on any atom is -0.480 e. The van der Waals surface area contributed by atoms with Crippen LogP contribution in [-0.4, -0.2) is 129 Å². The standard InChI is InChI=1S/C19H22N2O2.C19H21NO.C17H21N3O3.C16H18N2O.C15H17NOS/c1-13(22)19(20-3)11-15-7-9-16(10-8-15)17-5-4-6-18(12-17)21-14(2)23;1-13(21)19(20-2)12-14-7-10-18-16(11-14)9-8-15-5-3-4-6-17(15)18;1-11(21)15(18-2)9-12-5-7-13(8-6-12)14-10-19-17(23-4)20-16(14)22-3;1-12(19)16(17-2)10-13-5-7-14(8-6-13)15-4-3-9-18-11-15;1-11(17)15(16-2)9-12-3-5-13(6-4-12)14-7-8-18-10-14/h4-10,12,19-20H,11H2,1-3H3,(H,21,23);3-7,10-11,19-20H,8-9,12H2,1-2H3;5-8,10,15,18H,9H2,1-4H3;3-9,11,16-17H,10H2,1-2H3;3-8,10,15-16H,9H2,1-2H3/t2*19-;15-;16-;15-/m00000/s1. The van der Waals surface area contributed by atoms with Gasteiger partial charge in [-0.2, -0.15) is 16.3 Å². The van der Waals surface area contributed by atoms with E-state index in [1.54, 1.807) is 79.6 Å². The molecule has 0 aliphatic heterocycles. The highest BCUT2D eigenvalue weighted by Gasteiger charge is 2.20. The summed E-state index contributed by atoms with van der Waals surface area (Å²) in [5, 5.41) is 22.2. The van der Waals surface area contributed by atoms with Crippen molar-refractivity contribution in [3.8, 4) is 67.5 Å². The number of aromatic nitrogens is 3. The monoisotopic (exact) mass is 1420 g/mol. The molecule has 1 aliphatic rings. The van der Waals surface area contributed by atoms with Crippen LogP contribution < -0.4 is 41.4 Å². The number of benzene rings is 7. The van der Waals surface area contributed by atoms with E-state index in [4.69, 9.17) is 9.47 Å². The summed E-state index contributed by atoms with van der Waals surface area (Å²) >= 11 is 1.70. The number of rotatable bonds is 27. The highest BCUT2D eigenvalue weighted by molar-refractivity contribution is 7.08. The number of methoxy groups -OCH3 is 2. The first-order valence-corrected chi connectivity index (χ1v) is 35.8. The molecule has 10 aromatic rings. The van der Waals surface area contributed by atoms with Crippen LogP contribution in [0.1, 0.15) is 80.5 Å². The number of carbonyl (C=O) groups is 6. The second-order valence-electron chi connectivity index (χ2n) is 25.5. The van der Waals surface area contributed by atoms with E-state index in [-0.39, 0.29) is 71.0 Å². The van der Waals surface area contributed by atoms with Gasteiger partial charge in [0, 0.05) is 31.2 Å². The Kier molecular flexibility index (Phi) is 32.5. The van der Waals surface area contributed by atoms with E-state index in [0.29, 0.717) is 18.7 Å². The van der Waals surface area contributed by atoms with Crippen molar-refractivity contribution < 1.29 is 38.2 Å². The number of carbonyl (C=O) groups excluding carboxylic acids is 6. The van der Waals surface area contributed by atoms with Gasteiger partial charge in [0.15, 0.2) is 0 Å². The predicted molar refractivity (Wildman–Crippen MR) is 422 cm³/mol. The number of amides is 1. The van der Waals surface area contributed by atoms with Crippen LogP contribution in [0.5, 0.6) is 11.9 Å². The summed E-state index contributed by atoms with van der Waals surface area (Å²) in [5.41, 5.74) is 20.7. The second kappa shape index (κ2) is 41.7. The van der Waals surface area contributed by atoms with Gasteiger partial charge in [-0.25, -0.2) is 4.98 Å². The van der Waals surface area contributed by atoms with Crippen molar-refractivity contribution >= 4 is 51.8 Å². The molecule has 3 heterocycles. The van der Waals surface area contributed by atoms with E-state index in [9.17, 15) is 28.8 Å². The molecular weight excluding hydrogens is 1320 g/mol. The van der Waals surface area contributed by atoms with Crippen molar-refractivity contribution in [2.75, 3.05) is 54.8 Å². The molecule has 11 rings (SSSR count). The number of aryl methyl sites for hydroxylation is 2. The van der Waals surface area contributed by atoms with Gasteiger partial charge in [-0.1, -0.05) is 158 Å². The number of ketones is 5. The van der Waals surface area contributed by atoms with Gasteiger partial charge >= 0.3 is 6.01 Å². The molecule has 18 heteroatoms. The number of nitrogens with one attached hydrogen (secondary N) is 6. The minimum absolute atomic E-state index is 0.0835. The lowest BCUT2D eigenvalue weighted by Crippen LogP contribution is -2.34. The Bertz CT molecular complexity index is 4380. The zero-order valence-electron chi connectivity index (χ0n) is 62.1. The normalized spacial score (nSPS) is 12.4. The highest BCUT2D eigenvalue weighted by Crippen LogP contribution is 2.35. The number of hydrogen-bond acceptors (Lipinski definition) is 17. The van der Waals surface area contributed by atoms with Crippen molar-refractivity contribution in [2.24, 2.45) is 0 Å². The summed E-state index contributed by atoms with van der Waals surface area (Å²) in [4.78, 5) is 80.9. The summed E-state index contributed by atoms with van der Waals surface area (Å²) in [6.45, 7) is 9.58. The lowest BCUT2D eigenvalue weighted by Gasteiger charge is -2.21. The maximum atomic E-state index is 11.6. The van der Waals surface area contributed by atoms with E-state index < -0.39 is 0 Å². The number of thiophene rings is 1. The number of nitrogens with zero attached hydrogens (tertiary/aromatic N) is 3. The lowest BCUT2D eigenvalue weighted by atomic mass is 9.84. The Morgan fingerprint density at radius 1 is 0.404 bits per heavy atom. The fourth-order valence-corrected chi connectivity index (χ4v) is 12.7. The number of anilines is 1. The first kappa shape index (κ1) is 81.0. The van der Waals surface area contributed by atoms with Gasteiger partial charge < -0.3 is 41.4 Å². The molecule has 17 nitrogen and oxygen atoms in total. The third-order valence-electron chi connectivity index (χ3n) is 18.1. The number of hydrogen-bond donors (Lipinski definition) is 6. The molecule has 0 saturated carbocycles. The van der Waals surface area contributed by atoms with E-state index in [1.807, 2.05) is 112 Å². The SMILES string of the molecule is CN[C@@H](Cc1ccc(-c2cccc(NC(C)=O)c2)cc1)C(C)=O.CN[C@@H](Cc1ccc(-c2cccnc2)cc1)C(C)=O.CN[C@@H](Cc1ccc(-c2ccsc2)cc1)C(C)=O.CN[C@@H](Cc1ccc(-c2cnc(OC)nc2OC)cc1)C(C)=O.CN[C@@H](Cc1ccc2c(c1)CCc1ccccc1-2)C(C)=O. The van der Waals surface area contributed by atoms with Crippen molar-refractivity contribution in [2.45, 2.75) is 117 Å². The Hall–Kier alpha value is -10.3. The molecule has 1 amide bonds. The molecule has 7 aromatic carbocycles. The van der Waals surface area contributed by atoms with Crippen molar-refractivity contribution in [3.05, 3.63) is 250 Å². The lowest BCUT2D eigenvalue weighted by molar-refractivity contribution is -0.119. The average Bonchev–Trinajstić information content (AvgIpc) is 0.840. The van der Waals surface area contributed by atoms with Crippen molar-refractivity contribution in [3.63, 3.8) is 0 Å². The van der Waals surface area contributed by atoms with Gasteiger partial charge in [-0.3, -0.25) is 33.8 Å². The van der Waals surface area contributed by atoms with E-state index in [1.165, 1.54) is 58.5 Å². The third-order valence-corrected chi connectivity index (χ3v) is 18.8. The van der Waals surface area contributed by atoms with Gasteiger partial charge in [0.2, 0.25) is 11.8 Å². The molecule has 0 saturated heterocycles. The molecule has 104 heavy (non-hydrogen) atoms. The summed E-state index contributed by atoms with van der Waals surface area (Å²) in [7, 11) is 12.1. The topological polar surface area (TPSA) is 232 Å². The molecule has 0 unspecified atom stereocenters. The first-order chi connectivity index (χ1) is 50.2. The van der Waals surface area contributed by atoms with Crippen molar-refractivity contribution in [1.82, 2.24) is 41.5 Å². The van der Waals surface area contributed by atoms with Gasteiger partial charge in [-0.05, 0) is 239 Å². The first-order valence-electron chi connectivity index (χ1n) is 34.9. The molecule has 3 aromatic heterocycles. The fraction of sp³-hybridized carbons (Fsp3) is 0.291. The largest absolute Gasteiger partial charge is 0.480 e. The van der Waals surface area contributed by atoms with E-state index in [0.717, 1.165) is 87.9 Å². The van der Waals surface area contributed by atoms with Crippen LogP contribution in [0, 0.1) is 0 Å². The molecule has 1 aliphatic carbocycles. The molecule has 0 fully saturated rings. The average molecular weight is 1420 g/mol. The minimum atomic E-state index is -0.167. The Morgan fingerprint density at radius 3 is 1.27 bits per heavy atom. The van der Waals surface area contributed by atoms with Crippen LogP contribution in [0.2, 0.25) is 0 Å². The summed E-state index contributed by atoms with van der Waals surface area (Å²) in [6, 6.07) is 61.5. The highest BCUT2D eigenvalue weighted by atomic mass is 32.1. The summed E-state index contributed by atoms with van der Waals surface area (Å²) in [5.74, 6) is 1.18. The smallest absolute Gasteiger partial charge is 0.319 e. The van der Waals surface area contributed by atoms with Crippen LogP contribution in [0.15, 0.2) is 211 Å². The third kappa shape index (κ3) is 24.7. The number of ether oxygens (including phenoxy) is 2. The van der Waals surface area contributed by atoms with Crippen LogP contribution in [-0.2, 0) is 73.7 Å². The van der Waals surface area contributed by atoms with Gasteiger partial charge in [0.05, 0.1) is 50.0 Å². The van der Waals surface area contributed by atoms with Crippen LogP contribution in [0.25, 0.3) is 55.6 Å². The summed E-state index contributed by atoms with van der Waals surface area (Å²) < 4.78 is 10.3. The van der Waals surface area contributed by atoms with Gasteiger partial charge in [0.1, 0.15) is 28.9 Å². The van der Waals surface area contributed by atoms with Crippen molar-refractivity contribution in [1.29, 1.82) is 0 Å². The maximum Gasteiger partial charge on any atom is 0.319 e. The number of fused-ring (bicyclic) bond motifs is 3. The van der Waals surface area contributed by atoms with E-state index >= 15 is 0 Å². The zero-order chi connectivity index (χ0) is 75.1. The molecule has 6 N–H and O–H groups in total. The Labute approximate surface area is 617 Å². The zero-order valence-corrected chi connectivity index (χ0v) is 62.9. The Morgan fingerprint density at radius 2 is 0.837 bits per heavy atom. The van der Waals surface area contributed by atoms with Crippen LogP contribution in [0.4, 0.5) is 5.69 Å². The molecule has 5 atom stereocenters. The van der Waals surface area contributed by atoms with Crippen LogP contribution >= 0.6 is 11.3 Å². The van der Waals surface area contributed by atoms with Gasteiger partial charge in [-0.15, -0.1) is 0 Å². The second-order valence-corrected chi connectivity index (χ2v) is 26.3. The maximum absolute atomic E-state index is 11.6. The predicted octanol–water partition coefficient (Wildman–Crippen LogP) is 13.7. The van der Waals surface area contributed by atoms with Crippen LogP contribution in [0.3, 0.4) is 0 Å². The quantitative estimate of drug-likeness (QED) is 0.0281. The van der Waals surface area contributed by atoms with E-state index in [2.05, 4.69) is 155 Å². The fourth-order valence-electron chi connectivity index (χ4n) is 12.0. The number of likely N-dealkylation sites (N-methyl/N-ethyl adjacent to an activating group) is 5. The number of pyridine rings is 1. The number of Topliss-reactive ketones (excluding diaryl/α,β-unsaturated/α-hetero) is 5. The molecule has 542 valence electrons. The molecule has 0 spiro atoms.